The molecule has 1 aliphatic rings. The number of rotatable bonds is 4. The molecule has 136 valence electrons. The van der Waals surface area contributed by atoms with Crippen LogP contribution in [0.1, 0.15) is 46.2 Å². The van der Waals surface area contributed by atoms with Crippen LogP contribution >= 0.6 is 0 Å². The molecule has 0 unspecified atom stereocenters. The highest BCUT2D eigenvalue weighted by Gasteiger charge is 2.31. The fourth-order valence-corrected chi connectivity index (χ4v) is 3.57. The molecule has 0 radical (unpaired) electrons. The topological polar surface area (TPSA) is 46.1 Å². The highest BCUT2D eigenvalue weighted by Crippen LogP contribution is 2.32. The fraction of sp³-hybridized carbons (Fsp3) is 0.227. The van der Waals surface area contributed by atoms with Crippen molar-refractivity contribution in [3.05, 3.63) is 95.3 Å². The summed E-state index contributed by atoms with van der Waals surface area (Å²) in [6.45, 7) is 0.724. The summed E-state index contributed by atoms with van der Waals surface area (Å²) < 4.78 is 13.1. The molecule has 4 nitrogen and oxygen atoms in total. The lowest BCUT2D eigenvalue weighted by Crippen LogP contribution is -2.31. The van der Waals surface area contributed by atoms with Crippen LogP contribution in [0, 0.1) is 5.82 Å². The van der Waals surface area contributed by atoms with Gasteiger partial charge >= 0.3 is 0 Å². The van der Waals surface area contributed by atoms with Crippen LogP contribution < -0.4 is 0 Å². The van der Waals surface area contributed by atoms with E-state index in [1.165, 1.54) is 12.1 Å². The molecule has 0 saturated carbocycles. The van der Waals surface area contributed by atoms with E-state index >= 15 is 0 Å². The zero-order valence-electron chi connectivity index (χ0n) is 14.9. The van der Waals surface area contributed by atoms with Gasteiger partial charge in [-0.1, -0.05) is 18.2 Å². The van der Waals surface area contributed by atoms with Crippen molar-refractivity contribution in [2.75, 3.05) is 6.54 Å². The monoisotopic (exact) mass is 361 g/mol. The third-order valence-corrected chi connectivity index (χ3v) is 4.89. The third kappa shape index (κ3) is 3.87. The number of amides is 1. The predicted molar refractivity (Wildman–Crippen MR) is 101 cm³/mol. The van der Waals surface area contributed by atoms with Crippen LogP contribution in [0.3, 0.4) is 0 Å². The molecule has 1 fully saturated rings. The van der Waals surface area contributed by atoms with Crippen molar-refractivity contribution in [2.45, 2.75) is 25.3 Å². The Morgan fingerprint density at radius 1 is 1.11 bits per heavy atom. The number of likely N-dealkylation sites (tertiary alicyclic amines) is 1. The van der Waals surface area contributed by atoms with Crippen molar-refractivity contribution in [1.82, 2.24) is 14.9 Å². The largest absolute Gasteiger partial charge is 0.330 e. The van der Waals surface area contributed by atoms with Gasteiger partial charge in [0.1, 0.15) is 5.82 Å². The summed E-state index contributed by atoms with van der Waals surface area (Å²) in [5, 5.41) is 0. The second kappa shape index (κ2) is 7.66. The second-order valence-electron chi connectivity index (χ2n) is 6.76. The first-order valence-corrected chi connectivity index (χ1v) is 9.12. The molecule has 2 aromatic heterocycles. The summed E-state index contributed by atoms with van der Waals surface area (Å²) in [5.41, 5.74) is 3.44. The van der Waals surface area contributed by atoms with E-state index in [1.807, 2.05) is 23.1 Å². The van der Waals surface area contributed by atoms with Gasteiger partial charge in [-0.25, -0.2) is 4.39 Å². The summed E-state index contributed by atoms with van der Waals surface area (Å²) in [4.78, 5) is 23.6. The Hall–Kier alpha value is -3.08. The molecule has 1 atom stereocenters. The predicted octanol–water partition coefficient (Wildman–Crippen LogP) is 4.18. The first kappa shape index (κ1) is 17.3. The van der Waals surface area contributed by atoms with Crippen molar-refractivity contribution < 1.29 is 9.18 Å². The molecular formula is C22H20FN3O. The molecule has 3 heterocycles. The van der Waals surface area contributed by atoms with Gasteiger partial charge in [0.2, 0.25) is 0 Å². The number of benzene rings is 1. The smallest absolute Gasteiger partial charge is 0.255 e. The highest BCUT2D eigenvalue weighted by atomic mass is 19.1. The van der Waals surface area contributed by atoms with E-state index in [9.17, 15) is 9.18 Å². The Morgan fingerprint density at radius 2 is 1.96 bits per heavy atom. The number of carbonyl (C=O) groups is 1. The number of hydrogen-bond acceptors (Lipinski definition) is 3. The van der Waals surface area contributed by atoms with Gasteiger partial charge in [-0.05, 0) is 54.8 Å². The molecule has 0 N–H and O–H groups in total. The summed E-state index contributed by atoms with van der Waals surface area (Å²) in [6, 6.07) is 16.0. The molecule has 27 heavy (non-hydrogen) atoms. The standard InChI is InChI=1S/C22H20FN3O/c23-18-10-8-16(9-11-18)14-19-5-1-6-20(25-19)21-7-3-13-26(21)22(27)17-4-2-12-24-15-17/h1-2,4-6,8-12,15,21H,3,7,13-14H2/t21-/m1/s1. The number of halogens is 1. The van der Waals surface area contributed by atoms with Crippen molar-refractivity contribution in [2.24, 2.45) is 0 Å². The molecule has 1 aromatic carbocycles. The zero-order valence-corrected chi connectivity index (χ0v) is 14.9. The lowest BCUT2D eigenvalue weighted by molar-refractivity contribution is 0.0732. The van der Waals surface area contributed by atoms with Crippen LogP contribution in [0.2, 0.25) is 0 Å². The van der Waals surface area contributed by atoms with Gasteiger partial charge in [-0.2, -0.15) is 0 Å². The van der Waals surface area contributed by atoms with E-state index < -0.39 is 0 Å². The van der Waals surface area contributed by atoms with E-state index in [2.05, 4.69) is 4.98 Å². The van der Waals surface area contributed by atoms with Crippen LogP contribution in [0.25, 0.3) is 0 Å². The molecular weight excluding hydrogens is 341 g/mol. The van der Waals surface area contributed by atoms with E-state index in [4.69, 9.17) is 4.98 Å². The van der Waals surface area contributed by atoms with Gasteiger partial charge in [0.15, 0.2) is 0 Å². The maximum absolute atomic E-state index is 13.1. The molecule has 0 spiro atoms. The summed E-state index contributed by atoms with van der Waals surface area (Å²) in [7, 11) is 0. The van der Waals surface area contributed by atoms with E-state index in [1.54, 1.807) is 36.7 Å². The van der Waals surface area contributed by atoms with Gasteiger partial charge in [0, 0.05) is 31.1 Å². The van der Waals surface area contributed by atoms with Crippen molar-refractivity contribution in [3.63, 3.8) is 0 Å². The zero-order chi connectivity index (χ0) is 18.6. The highest BCUT2D eigenvalue weighted by molar-refractivity contribution is 5.94. The first-order chi connectivity index (χ1) is 13.2. The van der Waals surface area contributed by atoms with Gasteiger partial charge in [-0.3, -0.25) is 14.8 Å². The number of pyridine rings is 2. The third-order valence-electron chi connectivity index (χ3n) is 4.89. The Balaban J connectivity index is 1.55. The van der Waals surface area contributed by atoms with Crippen LogP contribution in [0.5, 0.6) is 0 Å². The average Bonchev–Trinajstić information content (AvgIpc) is 3.20. The molecule has 1 saturated heterocycles. The lowest BCUT2D eigenvalue weighted by atomic mass is 10.1. The van der Waals surface area contributed by atoms with E-state index in [-0.39, 0.29) is 17.8 Å². The minimum Gasteiger partial charge on any atom is -0.330 e. The SMILES string of the molecule is O=C(c1cccnc1)N1CCC[C@@H]1c1cccc(Cc2ccc(F)cc2)n1. The second-order valence-corrected chi connectivity index (χ2v) is 6.76. The average molecular weight is 361 g/mol. The number of carbonyl (C=O) groups excluding carboxylic acids is 1. The van der Waals surface area contributed by atoms with Crippen molar-refractivity contribution in [3.8, 4) is 0 Å². The molecule has 1 aliphatic heterocycles. The van der Waals surface area contributed by atoms with Gasteiger partial charge in [0.05, 0.1) is 17.3 Å². The summed E-state index contributed by atoms with van der Waals surface area (Å²) >= 11 is 0. The first-order valence-electron chi connectivity index (χ1n) is 9.12. The number of nitrogens with zero attached hydrogens (tertiary/aromatic N) is 3. The lowest BCUT2D eigenvalue weighted by Gasteiger charge is -2.24. The normalized spacial score (nSPS) is 16.5. The maximum atomic E-state index is 13.1. The Kier molecular flexibility index (Phi) is 4.92. The fourth-order valence-electron chi connectivity index (χ4n) is 3.57. The van der Waals surface area contributed by atoms with Crippen LogP contribution in [0.4, 0.5) is 4.39 Å². The summed E-state index contributed by atoms with van der Waals surface area (Å²) in [5.74, 6) is -0.243. The van der Waals surface area contributed by atoms with Crippen molar-refractivity contribution in [1.29, 1.82) is 0 Å². The molecule has 4 rings (SSSR count). The minimum absolute atomic E-state index is 0.00339. The molecule has 0 aliphatic carbocycles. The Morgan fingerprint density at radius 3 is 2.74 bits per heavy atom. The van der Waals surface area contributed by atoms with Crippen LogP contribution in [0.15, 0.2) is 67.0 Å². The Labute approximate surface area is 157 Å². The summed E-state index contributed by atoms with van der Waals surface area (Å²) in [6.07, 6.45) is 5.77. The molecule has 3 aromatic rings. The van der Waals surface area contributed by atoms with Gasteiger partial charge < -0.3 is 4.90 Å². The number of aromatic nitrogens is 2. The maximum Gasteiger partial charge on any atom is 0.255 e. The van der Waals surface area contributed by atoms with Crippen LogP contribution in [-0.4, -0.2) is 27.3 Å². The van der Waals surface area contributed by atoms with Gasteiger partial charge in [-0.15, -0.1) is 0 Å². The van der Waals surface area contributed by atoms with Crippen LogP contribution in [-0.2, 0) is 6.42 Å². The molecule has 1 amide bonds. The minimum atomic E-state index is -0.240. The molecule has 5 heteroatoms. The van der Waals surface area contributed by atoms with Crippen molar-refractivity contribution >= 4 is 5.91 Å². The van der Waals surface area contributed by atoms with Gasteiger partial charge in [0.25, 0.3) is 5.91 Å². The number of hydrogen-bond donors (Lipinski definition) is 0. The quantitative estimate of drug-likeness (QED) is 0.700. The van der Waals surface area contributed by atoms with E-state index in [0.29, 0.717) is 12.0 Å². The molecule has 0 bridgehead atoms. The Bertz CT molecular complexity index is 928. The van der Waals surface area contributed by atoms with E-state index in [0.717, 1.165) is 36.3 Å².